The van der Waals surface area contributed by atoms with Crippen LogP contribution in [0.25, 0.3) is 0 Å². The third-order valence-electron chi connectivity index (χ3n) is 4.82. The molecule has 1 heterocycles. The van der Waals surface area contributed by atoms with E-state index in [-0.39, 0.29) is 29.8 Å². The van der Waals surface area contributed by atoms with Crippen molar-refractivity contribution >= 4 is 5.91 Å². The molecule has 0 aliphatic rings. The van der Waals surface area contributed by atoms with Gasteiger partial charge in [-0.3, -0.25) is 4.79 Å². The highest BCUT2D eigenvalue weighted by Crippen LogP contribution is 2.21. The zero-order chi connectivity index (χ0) is 17.5. The molecule has 1 unspecified atom stereocenters. The molecule has 23 heavy (non-hydrogen) atoms. The summed E-state index contributed by atoms with van der Waals surface area (Å²) in [6.07, 6.45) is 4.10. The van der Waals surface area contributed by atoms with Crippen LogP contribution in [0.4, 0.5) is 0 Å². The van der Waals surface area contributed by atoms with Crippen molar-refractivity contribution in [3.8, 4) is 0 Å². The normalized spacial score (nSPS) is 13.1. The maximum atomic E-state index is 12.5. The lowest BCUT2D eigenvalue weighted by Gasteiger charge is -2.39. The number of amides is 1. The van der Waals surface area contributed by atoms with E-state index < -0.39 is 0 Å². The zero-order valence-corrected chi connectivity index (χ0v) is 15.0. The number of aliphatic hydroxyl groups excluding tert-OH is 1. The minimum atomic E-state index is -0.262. The number of aromatic nitrogens is 1. The second-order valence-electron chi connectivity index (χ2n) is 6.08. The average Bonchev–Trinajstić information content (AvgIpc) is 2.92. The topological polar surface area (TPSA) is 87.4 Å². The molecular weight excluding hydrogens is 294 g/mol. The Kier molecular flexibility index (Phi) is 7.72. The van der Waals surface area contributed by atoms with Crippen LogP contribution < -0.4 is 10.6 Å². The maximum absolute atomic E-state index is 12.5. The van der Waals surface area contributed by atoms with Crippen LogP contribution in [0.3, 0.4) is 0 Å². The summed E-state index contributed by atoms with van der Waals surface area (Å²) in [7, 11) is 0. The fourth-order valence-corrected chi connectivity index (χ4v) is 2.91. The monoisotopic (exact) mass is 325 g/mol. The summed E-state index contributed by atoms with van der Waals surface area (Å²) in [5.41, 5.74) is 0.702. The first-order valence-electron chi connectivity index (χ1n) is 8.57. The summed E-state index contributed by atoms with van der Waals surface area (Å²) >= 11 is 0. The Morgan fingerprint density at radius 1 is 1.35 bits per heavy atom. The lowest BCUT2D eigenvalue weighted by molar-refractivity contribution is 0.0892. The molecule has 0 bridgehead atoms. The number of aliphatic hydroxyl groups is 1. The summed E-state index contributed by atoms with van der Waals surface area (Å²) in [4.78, 5) is 12.5. The SMILES string of the molecule is CCCCNC(CC)(CC)C(C)NC(=O)c1noc(CO)c1C. The van der Waals surface area contributed by atoms with Crippen molar-refractivity contribution in [2.45, 2.75) is 78.5 Å². The molecule has 1 amide bonds. The Bertz CT molecular complexity index is 495. The van der Waals surface area contributed by atoms with Crippen molar-refractivity contribution in [3.63, 3.8) is 0 Å². The average molecular weight is 325 g/mol. The van der Waals surface area contributed by atoms with Gasteiger partial charge in [0.1, 0.15) is 6.61 Å². The van der Waals surface area contributed by atoms with Crippen LogP contribution in [0.2, 0.25) is 0 Å². The van der Waals surface area contributed by atoms with Crippen molar-refractivity contribution in [1.82, 2.24) is 15.8 Å². The molecule has 132 valence electrons. The number of carbonyl (C=O) groups is 1. The van der Waals surface area contributed by atoms with Gasteiger partial charge in [0.15, 0.2) is 11.5 Å². The van der Waals surface area contributed by atoms with Crippen LogP contribution in [-0.2, 0) is 6.61 Å². The molecule has 1 aromatic rings. The van der Waals surface area contributed by atoms with Crippen LogP contribution in [0.15, 0.2) is 4.52 Å². The van der Waals surface area contributed by atoms with Gasteiger partial charge in [-0.1, -0.05) is 32.3 Å². The van der Waals surface area contributed by atoms with Crippen molar-refractivity contribution in [1.29, 1.82) is 0 Å². The second-order valence-corrected chi connectivity index (χ2v) is 6.08. The van der Waals surface area contributed by atoms with Gasteiger partial charge in [0.25, 0.3) is 5.91 Å². The summed E-state index contributed by atoms with van der Waals surface area (Å²) < 4.78 is 4.99. The number of nitrogens with one attached hydrogen (secondary N) is 2. The molecule has 0 aromatic carbocycles. The van der Waals surface area contributed by atoms with Crippen LogP contribution in [0, 0.1) is 6.92 Å². The van der Waals surface area contributed by atoms with E-state index in [0.29, 0.717) is 11.3 Å². The first-order valence-corrected chi connectivity index (χ1v) is 8.57. The Labute approximate surface area is 139 Å². The van der Waals surface area contributed by atoms with E-state index in [0.717, 1.165) is 32.2 Å². The molecule has 1 rings (SSSR count). The van der Waals surface area contributed by atoms with Gasteiger partial charge in [-0.05, 0) is 39.7 Å². The Morgan fingerprint density at radius 2 is 2.00 bits per heavy atom. The van der Waals surface area contributed by atoms with Crippen molar-refractivity contribution in [3.05, 3.63) is 17.0 Å². The zero-order valence-electron chi connectivity index (χ0n) is 15.0. The number of carbonyl (C=O) groups excluding carboxylic acids is 1. The maximum Gasteiger partial charge on any atom is 0.274 e. The minimum absolute atomic E-state index is 0.0458. The Balaban J connectivity index is 2.82. The molecule has 6 heteroatoms. The highest BCUT2D eigenvalue weighted by Gasteiger charge is 2.34. The molecule has 0 saturated heterocycles. The van der Waals surface area contributed by atoms with E-state index in [4.69, 9.17) is 9.63 Å². The molecule has 3 N–H and O–H groups in total. The van der Waals surface area contributed by atoms with Crippen molar-refractivity contribution in [2.75, 3.05) is 6.54 Å². The second kappa shape index (κ2) is 9.03. The highest BCUT2D eigenvalue weighted by molar-refractivity contribution is 5.93. The van der Waals surface area contributed by atoms with Gasteiger partial charge in [0.2, 0.25) is 0 Å². The Hall–Kier alpha value is -1.40. The lowest BCUT2D eigenvalue weighted by Crippen LogP contribution is -2.59. The first kappa shape index (κ1) is 19.6. The van der Waals surface area contributed by atoms with Crippen LogP contribution >= 0.6 is 0 Å². The molecule has 6 nitrogen and oxygen atoms in total. The van der Waals surface area contributed by atoms with Crippen LogP contribution in [-0.4, -0.2) is 34.3 Å². The molecule has 0 aliphatic heterocycles. The lowest BCUT2D eigenvalue weighted by atomic mass is 9.85. The van der Waals surface area contributed by atoms with Crippen LogP contribution in [0.1, 0.15) is 75.2 Å². The summed E-state index contributed by atoms with van der Waals surface area (Å²) in [6, 6.07) is -0.0458. The van der Waals surface area contributed by atoms with Gasteiger partial charge < -0.3 is 20.3 Å². The van der Waals surface area contributed by atoms with Crippen LogP contribution in [0.5, 0.6) is 0 Å². The highest BCUT2D eigenvalue weighted by atomic mass is 16.5. The standard InChI is InChI=1S/C17H31N3O3/c1-6-9-10-18-17(7-2,8-3)13(5)19-16(22)15-12(4)14(11-21)23-20-15/h13,18,21H,6-11H2,1-5H3,(H,19,22). The number of nitrogens with zero attached hydrogens (tertiary/aromatic N) is 1. The molecule has 1 atom stereocenters. The molecule has 0 spiro atoms. The molecule has 0 radical (unpaired) electrons. The largest absolute Gasteiger partial charge is 0.388 e. The number of unbranched alkanes of at least 4 members (excludes halogenated alkanes) is 1. The summed E-state index contributed by atoms with van der Waals surface area (Å²) in [5, 5.41) is 19.6. The number of hydrogen-bond donors (Lipinski definition) is 3. The van der Waals surface area contributed by atoms with Gasteiger partial charge in [-0.25, -0.2) is 0 Å². The van der Waals surface area contributed by atoms with Gasteiger partial charge in [0, 0.05) is 17.1 Å². The molecule has 0 saturated carbocycles. The number of hydrogen-bond acceptors (Lipinski definition) is 5. The third kappa shape index (κ3) is 4.54. The molecule has 0 fully saturated rings. The van der Waals surface area contributed by atoms with E-state index in [1.165, 1.54) is 0 Å². The predicted molar refractivity (Wildman–Crippen MR) is 90.3 cm³/mol. The van der Waals surface area contributed by atoms with E-state index in [1.807, 2.05) is 6.92 Å². The summed E-state index contributed by atoms with van der Waals surface area (Å²) in [6.45, 7) is 10.9. The fourth-order valence-electron chi connectivity index (χ4n) is 2.91. The number of rotatable bonds is 10. The van der Waals surface area contributed by atoms with Crippen molar-refractivity contribution < 1.29 is 14.4 Å². The first-order chi connectivity index (χ1) is 11.0. The minimum Gasteiger partial charge on any atom is -0.388 e. The smallest absolute Gasteiger partial charge is 0.274 e. The predicted octanol–water partition coefficient (Wildman–Crippen LogP) is 2.54. The van der Waals surface area contributed by atoms with Gasteiger partial charge >= 0.3 is 0 Å². The van der Waals surface area contributed by atoms with Gasteiger partial charge in [0.05, 0.1) is 0 Å². The molecule has 0 aliphatic carbocycles. The summed E-state index contributed by atoms with van der Waals surface area (Å²) in [5.74, 6) is 0.0723. The fraction of sp³-hybridized carbons (Fsp3) is 0.765. The van der Waals surface area contributed by atoms with E-state index in [9.17, 15) is 4.79 Å². The van der Waals surface area contributed by atoms with Gasteiger partial charge in [-0.15, -0.1) is 0 Å². The van der Waals surface area contributed by atoms with E-state index in [1.54, 1.807) is 6.92 Å². The van der Waals surface area contributed by atoms with E-state index >= 15 is 0 Å². The third-order valence-corrected chi connectivity index (χ3v) is 4.82. The van der Waals surface area contributed by atoms with E-state index in [2.05, 4.69) is 36.6 Å². The molecular formula is C17H31N3O3. The quantitative estimate of drug-likeness (QED) is 0.575. The van der Waals surface area contributed by atoms with Crippen molar-refractivity contribution in [2.24, 2.45) is 0 Å². The Morgan fingerprint density at radius 3 is 2.48 bits per heavy atom. The molecule has 1 aromatic heterocycles. The van der Waals surface area contributed by atoms with Gasteiger partial charge in [-0.2, -0.15) is 0 Å².